The van der Waals surface area contributed by atoms with Crippen LogP contribution in [0.2, 0.25) is 0 Å². The Morgan fingerprint density at radius 2 is 2.21 bits per heavy atom. The summed E-state index contributed by atoms with van der Waals surface area (Å²) in [7, 11) is 1.61. The fourth-order valence-corrected chi connectivity index (χ4v) is 3.16. The lowest BCUT2D eigenvalue weighted by Crippen LogP contribution is -2.34. The van der Waals surface area contributed by atoms with Crippen molar-refractivity contribution < 1.29 is 9.53 Å². The van der Waals surface area contributed by atoms with E-state index >= 15 is 0 Å². The highest BCUT2D eigenvalue weighted by Crippen LogP contribution is 2.40. The van der Waals surface area contributed by atoms with Crippen LogP contribution in [0.25, 0.3) is 10.1 Å². The third-order valence-corrected chi connectivity index (χ3v) is 4.72. The zero-order valence-electron chi connectivity index (χ0n) is 10.9. The molecule has 3 rings (SSSR count). The van der Waals surface area contributed by atoms with Crippen molar-refractivity contribution in [1.82, 2.24) is 5.32 Å². The molecule has 0 spiro atoms. The molecular formula is C14H16N2O2S. The molecule has 1 saturated carbocycles. The van der Waals surface area contributed by atoms with Crippen molar-refractivity contribution in [1.29, 1.82) is 0 Å². The van der Waals surface area contributed by atoms with Crippen molar-refractivity contribution in [3.63, 3.8) is 0 Å². The Labute approximate surface area is 115 Å². The fourth-order valence-electron chi connectivity index (χ4n) is 2.12. The molecule has 5 heteroatoms. The molecule has 1 heterocycles. The molecule has 0 atom stereocenters. The monoisotopic (exact) mass is 276 g/mol. The molecule has 3 N–H and O–H groups in total. The standard InChI is InChI=1S/C14H16N2O2S/c1-14(6-7-14)16-13(17)12-11(15)10-8(18-2)4-3-5-9(10)19-12/h3-5H,6-7,15H2,1-2H3,(H,16,17). The van der Waals surface area contributed by atoms with Gasteiger partial charge in [0.1, 0.15) is 10.6 Å². The SMILES string of the molecule is COc1cccc2sc(C(=O)NC3(C)CC3)c(N)c12. The van der Waals surface area contributed by atoms with Crippen molar-refractivity contribution in [3.8, 4) is 5.75 Å². The summed E-state index contributed by atoms with van der Waals surface area (Å²) in [4.78, 5) is 12.8. The maximum atomic E-state index is 12.3. The summed E-state index contributed by atoms with van der Waals surface area (Å²) in [5.74, 6) is 0.628. The smallest absolute Gasteiger partial charge is 0.263 e. The van der Waals surface area contributed by atoms with Gasteiger partial charge in [-0.25, -0.2) is 0 Å². The van der Waals surface area contributed by atoms with E-state index in [-0.39, 0.29) is 11.4 Å². The number of benzene rings is 1. The van der Waals surface area contributed by atoms with Crippen LogP contribution in [0.4, 0.5) is 5.69 Å². The van der Waals surface area contributed by atoms with Crippen LogP contribution >= 0.6 is 11.3 Å². The average molecular weight is 276 g/mol. The van der Waals surface area contributed by atoms with Crippen molar-refractivity contribution in [2.45, 2.75) is 25.3 Å². The molecule has 0 radical (unpaired) electrons. The average Bonchev–Trinajstić information content (AvgIpc) is 3.01. The van der Waals surface area contributed by atoms with Crippen LogP contribution in [0.3, 0.4) is 0 Å². The highest BCUT2D eigenvalue weighted by atomic mass is 32.1. The molecule has 100 valence electrons. The van der Waals surface area contributed by atoms with Gasteiger partial charge in [-0.15, -0.1) is 11.3 Å². The van der Waals surface area contributed by atoms with Crippen LogP contribution in [0.15, 0.2) is 18.2 Å². The van der Waals surface area contributed by atoms with E-state index < -0.39 is 0 Å². The van der Waals surface area contributed by atoms with Crippen LogP contribution in [-0.4, -0.2) is 18.6 Å². The quantitative estimate of drug-likeness (QED) is 0.906. The number of carbonyl (C=O) groups excluding carboxylic acids is 1. The van der Waals surface area contributed by atoms with Gasteiger partial charge in [0.25, 0.3) is 5.91 Å². The zero-order chi connectivity index (χ0) is 13.6. The van der Waals surface area contributed by atoms with E-state index in [1.165, 1.54) is 11.3 Å². The second kappa shape index (κ2) is 4.13. The number of fused-ring (bicyclic) bond motifs is 1. The number of ether oxygens (including phenoxy) is 1. The number of nitrogens with one attached hydrogen (secondary N) is 1. The summed E-state index contributed by atoms with van der Waals surface area (Å²) >= 11 is 1.41. The summed E-state index contributed by atoms with van der Waals surface area (Å²) in [6, 6.07) is 5.71. The summed E-state index contributed by atoms with van der Waals surface area (Å²) in [5.41, 5.74) is 6.60. The lowest BCUT2D eigenvalue weighted by molar-refractivity contribution is 0.0940. The van der Waals surface area contributed by atoms with Gasteiger partial charge in [0.05, 0.1) is 18.2 Å². The largest absolute Gasteiger partial charge is 0.496 e. The maximum Gasteiger partial charge on any atom is 0.263 e. The molecule has 0 unspecified atom stereocenters. The first-order valence-corrected chi connectivity index (χ1v) is 7.03. The first kappa shape index (κ1) is 12.3. The van der Waals surface area contributed by atoms with E-state index in [1.54, 1.807) is 7.11 Å². The highest BCUT2D eigenvalue weighted by Gasteiger charge is 2.39. The number of nitrogens with two attached hydrogens (primary N) is 1. The molecule has 4 nitrogen and oxygen atoms in total. The van der Waals surface area contributed by atoms with E-state index in [0.717, 1.165) is 22.9 Å². The Hall–Kier alpha value is -1.75. The normalized spacial score (nSPS) is 16.3. The maximum absolute atomic E-state index is 12.3. The van der Waals surface area contributed by atoms with Crippen molar-refractivity contribution >= 4 is 33.0 Å². The molecule has 1 aliphatic rings. The third kappa shape index (κ3) is 2.04. The number of nitrogen functional groups attached to an aromatic ring is 1. The van der Waals surface area contributed by atoms with Gasteiger partial charge in [0, 0.05) is 10.2 Å². The van der Waals surface area contributed by atoms with Crippen molar-refractivity contribution in [2.24, 2.45) is 0 Å². The van der Waals surface area contributed by atoms with Crippen LogP contribution in [0.5, 0.6) is 5.75 Å². The molecule has 1 amide bonds. The number of amides is 1. The number of hydrogen-bond acceptors (Lipinski definition) is 4. The summed E-state index contributed by atoms with van der Waals surface area (Å²) in [6.07, 6.45) is 2.07. The minimum Gasteiger partial charge on any atom is -0.496 e. The van der Waals surface area contributed by atoms with Gasteiger partial charge in [0.15, 0.2) is 0 Å². The van der Waals surface area contributed by atoms with Crippen molar-refractivity contribution in [3.05, 3.63) is 23.1 Å². The van der Waals surface area contributed by atoms with Crippen LogP contribution < -0.4 is 15.8 Å². The number of anilines is 1. The van der Waals surface area contributed by atoms with Gasteiger partial charge in [0.2, 0.25) is 0 Å². The second-order valence-corrected chi connectivity index (χ2v) is 6.25. The van der Waals surface area contributed by atoms with E-state index in [9.17, 15) is 4.79 Å². The van der Waals surface area contributed by atoms with E-state index in [4.69, 9.17) is 10.5 Å². The minimum absolute atomic E-state index is 0.0379. The second-order valence-electron chi connectivity index (χ2n) is 5.19. The van der Waals surface area contributed by atoms with Gasteiger partial charge in [-0.3, -0.25) is 4.79 Å². The van der Waals surface area contributed by atoms with Crippen molar-refractivity contribution in [2.75, 3.05) is 12.8 Å². The van der Waals surface area contributed by atoms with Gasteiger partial charge in [-0.1, -0.05) is 6.07 Å². The van der Waals surface area contributed by atoms with Gasteiger partial charge >= 0.3 is 0 Å². The summed E-state index contributed by atoms with van der Waals surface area (Å²) in [5, 5.41) is 3.87. The lowest BCUT2D eigenvalue weighted by Gasteiger charge is -2.10. The number of carbonyl (C=O) groups is 1. The van der Waals surface area contributed by atoms with E-state index in [0.29, 0.717) is 16.3 Å². The molecule has 1 aliphatic carbocycles. The molecule has 19 heavy (non-hydrogen) atoms. The molecular weight excluding hydrogens is 260 g/mol. The zero-order valence-corrected chi connectivity index (χ0v) is 11.8. The number of hydrogen-bond donors (Lipinski definition) is 2. The van der Waals surface area contributed by atoms with Crippen LogP contribution in [0.1, 0.15) is 29.4 Å². The number of rotatable bonds is 3. The first-order valence-electron chi connectivity index (χ1n) is 6.21. The topological polar surface area (TPSA) is 64.3 Å². The van der Waals surface area contributed by atoms with Crippen LogP contribution in [0, 0.1) is 0 Å². The molecule has 0 saturated heterocycles. The Morgan fingerprint density at radius 3 is 2.84 bits per heavy atom. The summed E-state index contributed by atoms with van der Waals surface area (Å²) < 4.78 is 6.28. The third-order valence-electron chi connectivity index (χ3n) is 3.56. The first-order chi connectivity index (χ1) is 9.04. The molecule has 0 bridgehead atoms. The minimum atomic E-state index is -0.0826. The predicted molar refractivity (Wildman–Crippen MR) is 77.9 cm³/mol. The Bertz CT molecular complexity index is 659. The summed E-state index contributed by atoms with van der Waals surface area (Å²) in [6.45, 7) is 2.05. The van der Waals surface area contributed by atoms with Gasteiger partial charge in [-0.05, 0) is 31.9 Å². The Kier molecular flexibility index (Phi) is 2.67. The molecule has 1 aromatic carbocycles. The van der Waals surface area contributed by atoms with E-state index in [1.807, 2.05) is 18.2 Å². The molecule has 2 aromatic rings. The van der Waals surface area contributed by atoms with Gasteiger partial charge in [-0.2, -0.15) is 0 Å². The highest BCUT2D eigenvalue weighted by molar-refractivity contribution is 7.21. The number of methoxy groups -OCH3 is 1. The van der Waals surface area contributed by atoms with E-state index in [2.05, 4.69) is 12.2 Å². The van der Waals surface area contributed by atoms with Gasteiger partial charge < -0.3 is 15.8 Å². The van der Waals surface area contributed by atoms with Crippen LogP contribution in [-0.2, 0) is 0 Å². The predicted octanol–water partition coefficient (Wildman–Crippen LogP) is 2.77. The molecule has 1 fully saturated rings. The Balaban J connectivity index is 2.04. The lowest BCUT2D eigenvalue weighted by atomic mass is 10.2. The Morgan fingerprint density at radius 1 is 1.47 bits per heavy atom. The molecule has 1 aromatic heterocycles. The number of thiophene rings is 1. The fraction of sp³-hybridized carbons (Fsp3) is 0.357. The molecule has 0 aliphatic heterocycles.